The molecule has 0 saturated carbocycles. The maximum atomic E-state index is 3.36. The van der Waals surface area contributed by atoms with Gasteiger partial charge in [0.2, 0.25) is 0 Å². The number of hydrogen-bond donors (Lipinski definition) is 2. The maximum absolute atomic E-state index is 3.36. The molecule has 0 fully saturated rings. The molecule has 0 spiro atoms. The molecule has 0 amide bonds. The van der Waals surface area contributed by atoms with Gasteiger partial charge in [0.25, 0.3) is 0 Å². The molecule has 2 nitrogen and oxygen atoms in total. The van der Waals surface area contributed by atoms with Crippen molar-refractivity contribution in [1.82, 2.24) is 10.6 Å². The first-order chi connectivity index (χ1) is 14.8. The molecule has 156 valence electrons. The van der Waals surface area contributed by atoms with Gasteiger partial charge in [-0.05, 0) is 84.8 Å². The van der Waals surface area contributed by atoms with Gasteiger partial charge >= 0.3 is 0 Å². The van der Waals surface area contributed by atoms with Crippen LogP contribution in [0.3, 0.4) is 0 Å². The lowest BCUT2D eigenvalue weighted by Crippen LogP contribution is -2.14. The van der Waals surface area contributed by atoms with Crippen LogP contribution in [0.5, 0.6) is 0 Å². The first-order valence-corrected chi connectivity index (χ1v) is 12.5. The second kappa shape index (κ2) is 10.4. The summed E-state index contributed by atoms with van der Waals surface area (Å²) in [7, 11) is 4.09. The van der Waals surface area contributed by atoms with Crippen molar-refractivity contribution in [3.63, 3.8) is 0 Å². The molecule has 4 rings (SSSR count). The molecule has 2 aromatic carbocycles. The van der Waals surface area contributed by atoms with Gasteiger partial charge in [-0.1, -0.05) is 48.5 Å². The molecule has 4 heteroatoms. The van der Waals surface area contributed by atoms with Crippen LogP contribution in [0, 0.1) is 0 Å². The number of fused-ring (bicyclic) bond motifs is 1. The van der Waals surface area contributed by atoms with Crippen LogP contribution in [-0.2, 0) is 0 Å². The van der Waals surface area contributed by atoms with E-state index in [0.717, 1.165) is 25.9 Å². The van der Waals surface area contributed by atoms with Crippen molar-refractivity contribution in [3.05, 3.63) is 92.3 Å². The van der Waals surface area contributed by atoms with Gasteiger partial charge in [-0.25, -0.2) is 0 Å². The van der Waals surface area contributed by atoms with E-state index in [4.69, 9.17) is 0 Å². The fourth-order valence-electron chi connectivity index (χ4n) is 4.33. The Morgan fingerprint density at radius 1 is 0.733 bits per heavy atom. The van der Waals surface area contributed by atoms with E-state index >= 15 is 0 Å². The Bertz CT molecular complexity index is 1040. The lowest BCUT2D eigenvalue weighted by atomic mass is 9.84. The SMILES string of the molecule is CNCCC(c1cc(C(CCNC)c2cccs2)c2ccccc2c1)c1cccs1. The van der Waals surface area contributed by atoms with Crippen molar-refractivity contribution in [1.29, 1.82) is 0 Å². The molecule has 2 N–H and O–H groups in total. The maximum Gasteiger partial charge on any atom is 0.0202 e. The summed E-state index contributed by atoms with van der Waals surface area (Å²) in [6.45, 7) is 2.02. The minimum atomic E-state index is 0.413. The van der Waals surface area contributed by atoms with Crippen LogP contribution < -0.4 is 10.6 Å². The molecule has 2 atom stereocenters. The highest BCUT2D eigenvalue weighted by molar-refractivity contribution is 7.10. The number of rotatable bonds is 10. The first kappa shape index (κ1) is 21.3. The summed E-state index contributed by atoms with van der Waals surface area (Å²) < 4.78 is 0. The summed E-state index contributed by atoms with van der Waals surface area (Å²) in [6.07, 6.45) is 2.21. The lowest BCUT2D eigenvalue weighted by molar-refractivity contribution is 0.659. The van der Waals surface area contributed by atoms with E-state index in [1.165, 1.54) is 31.7 Å². The molecular weight excluding hydrogens is 404 g/mol. The molecule has 0 radical (unpaired) electrons. The second-order valence-corrected chi connectivity index (χ2v) is 9.71. The molecule has 2 aromatic heterocycles. The molecular formula is C26H30N2S2. The predicted molar refractivity (Wildman–Crippen MR) is 133 cm³/mol. The highest BCUT2D eigenvalue weighted by Gasteiger charge is 2.22. The Morgan fingerprint density at radius 3 is 2.00 bits per heavy atom. The Kier molecular flexibility index (Phi) is 7.34. The molecule has 30 heavy (non-hydrogen) atoms. The molecule has 0 bridgehead atoms. The third-order valence-corrected chi connectivity index (χ3v) is 7.81. The summed E-state index contributed by atoms with van der Waals surface area (Å²) in [6, 6.07) is 22.8. The van der Waals surface area contributed by atoms with E-state index in [-0.39, 0.29) is 0 Å². The van der Waals surface area contributed by atoms with E-state index in [1.54, 1.807) is 0 Å². The van der Waals surface area contributed by atoms with Crippen LogP contribution in [0.15, 0.2) is 71.4 Å². The zero-order valence-electron chi connectivity index (χ0n) is 17.7. The lowest BCUT2D eigenvalue weighted by Gasteiger charge is -2.23. The third-order valence-electron chi connectivity index (χ3n) is 5.83. The summed E-state index contributed by atoms with van der Waals surface area (Å²) >= 11 is 3.75. The van der Waals surface area contributed by atoms with Crippen LogP contribution >= 0.6 is 22.7 Å². The van der Waals surface area contributed by atoms with Crippen molar-refractivity contribution >= 4 is 33.4 Å². The summed E-state index contributed by atoms with van der Waals surface area (Å²) in [5.74, 6) is 0.838. The van der Waals surface area contributed by atoms with Gasteiger partial charge in [-0.2, -0.15) is 0 Å². The molecule has 0 aliphatic rings. The second-order valence-electron chi connectivity index (χ2n) is 7.75. The van der Waals surface area contributed by atoms with E-state index in [1.807, 2.05) is 36.8 Å². The number of hydrogen-bond acceptors (Lipinski definition) is 4. The molecule has 4 aromatic rings. The van der Waals surface area contributed by atoms with E-state index in [9.17, 15) is 0 Å². The van der Waals surface area contributed by atoms with Crippen molar-refractivity contribution < 1.29 is 0 Å². The number of benzene rings is 2. The minimum absolute atomic E-state index is 0.413. The third kappa shape index (κ3) is 4.68. The highest BCUT2D eigenvalue weighted by Crippen LogP contribution is 2.40. The quantitative estimate of drug-likeness (QED) is 0.300. The largest absolute Gasteiger partial charge is 0.320 e. The van der Waals surface area contributed by atoms with Crippen LogP contribution in [0.1, 0.15) is 45.6 Å². The van der Waals surface area contributed by atoms with E-state index in [2.05, 4.69) is 82.1 Å². The Hall–Kier alpha value is -1.98. The topological polar surface area (TPSA) is 24.1 Å². The fraction of sp³-hybridized carbons (Fsp3) is 0.308. The van der Waals surface area contributed by atoms with E-state index in [0.29, 0.717) is 11.8 Å². The average Bonchev–Trinajstić information content (AvgIpc) is 3.49. The zero-order valence-corrected chi connectivity index (χ0v) is 19.4. The molecule has 2 unspecified atom stereocenters. The Labute approximate surface area is 188 Å². The first-order valence-electron chi connectivity index (χ1n) is 10.7. The standard InChI is InChI=1S/C26H30N2S2/c1-27-13-11-22(25-9-5-15-29-25)20-17-19-7-3-4-8-21(19)24(18-20)23(12-14-28-2)26-10-6-16-30-26/h3-10,15-18,22-23,27-28H,11-14H2,1-2H3. The van der Waals surface area contributed by atoms with Gasteiger partial charge in [0.15, 0.2) is 0 Å². The van der Waals surface area contributed by atoms with Gasteiger partial charge in [0, 0.05) is 21.6 Å². The number of thiophene rings is 2. The van der Waals surface area contributed by atoms with Gasteiger partial charge in [-0.3, -0.25) is 0 Å². The summed E-state index contributed by atoms with van der Waals surface area (Å²) in [5.41, 5.74) is 2.90. The van der Waals surface area contributed by atoms with E-state index < -0.39 is 0 Å². The van der Waals surface area contributed by atoms with Gasteiger partial charge in [0.1, 0.15) is 0 Å². The Morgan fingerprint density at radius 2 is 1.37 bits per heavy atom. The van der Waals surface area contributed by atoms with Crippen LogP contribution in [-0.4, -0.2) is 27.2 Å². The Balaban J connectivity index is 1.86. The molecule has 0 aliphatic carbocycles. The predicted octanol–water partition coefficient (Wildman–Crippen LogP) is 6.45. The minimum Gasteiger partial charge on any atom is -0.320 e. The molecule has 2 heterocycles. The van der Waals surface area contributed by atoms with Gasteiger partial charge in [-0.15, -0.1) is 22.7 Å². The summed E-state index contributed by atoms with van der Waals surface area (Å²) in [5, 5.41) is 13.9. The summed E-state index contributed by atoms with van der Waals surface area (Å²) in [4.78, 5) is 2.91. The van der Waals surface area contributed by atoms with Crippen molar-refractivity contribution in [2.45, 2.75) is 24.7 Å². The fourth-order valence-corrected chi connectivity index (χ4v) is 6.10. The van der Waals surface area contributed by atoms with Crippen LogP contribution in [0.4, 0.5) is 0 Å². The van der Waals surface area contributed by atoms with Crippen molar-refractivity contribution in [3.8, 4) is 0 Å². The van der Waals surface area contributed by atoms with Crippen LogP contribution in [0.2, 0.25) is 0 Å². The monoisotopic (exact) mass is 434 g/mol. The zero-order chi connectivity index (χ0) is 20.8. The van der Waals surface area contributed by atoms with Crippen LogP contribution in [0.25, 0.3) is 10.8 Å². The van der Waals surface area contributed by atoms with Crippen molar-refractivity contribution in [2.24, 2.45) is 0 Å². The van der Waals surface area contributed by atoms with Gasteiger partial charge in [0.05, 0.1) is 0 Å². The highest BCUT2D eigenvalue weighted by atomic mass is 32.1. The normalized spacial score (nSPS) is 13.5. The molecule has 0 aliphatic heterocycles. The smallest absolute Gasteiger partial charge is 0.0202 e. The number of nitrogens with one attached hydrogen (secondary N) is 2. The van der Waals surface area contributed by atoms with Crippen molar-refractivity contribution in [2.75, 3.05) is 27.2 Å². The average molecular weight is 435 g/mol. The molecule has 0 saturated heterocycles. The van der Waals surface area contributed by atoms with Gasteiger partial charge < -0.3 is 10.6 Å².